The van der Waals surface area contributed by atoms with Crippen LogP contribution in [0.3, 0.4) is 0 Å². The monoisotopic (exact) mass is 359 g/mol. The number of carbonyl (C=O) groups excluding carboxylic acids is 1. The number of aliphatic hydroxyl groups excluding tert-OH is 1. The van der Waals surface area contributed by atoms with Crippen LogP contribution in [-0.4, -0.2) is 29.7 Å². The summed E-state index contributed by atoms with van der Waals surface area (Å²) < 4.78 is 76.4. The van der Waals surface area contributed by atoms with Crippen LogP contribution in [0.5, 0.6) is 5.75 Å². The lowest BCUT2D eigenvalue weighted by atomic mass is 10.1. The average molecular weight is 359 g/mol. The molecule has 0 saturated carbocycles. The van der Waals surface area contributed by atoms with E-state index in [1.807, 2.05) is 0 Å². The summed E-state index contributed by atoms with van der Waals surface area (Å²) in [7, 11) is 0. The molecule has 1 amide bonds. The van der Waals surface area contributed by atoms with Crippen molar-refractivity contribution < 1.29 is 41.0 Å². The number of benzene rings is 1. The molecule has 0 bridgehead atoms. The lowest BCUT2D eigenvalue weighted by Gasteiger charge is -2.18. The molecule has 0 fully saturated rings. The second kappa shape index (κ2) is 7.73. The third kappa shape index (κ3) is 8.04. The fourth-order valence-corrected chi connectivity index (χ4v) is 1.92. The number of nitrogens with one attached hydrogen (secondary N) is 1. The molecule has 136 valence electrons. The van der Waals surface area contributed by atoms with Gasteiger partial charge in [-0.05, 0) is 24.6 Å². The Hall–Kier alpha value is -1.97. The Morgan fingerprint density at radius 2 is 1.88 bits per heavy atom. The van der Waals surface area contributed by atoms with Gasteiger partial charge in [0.05, 0.1) is 25.0 Å². The molecule has 1 rings (SSSR count). The van der Waals surface area contributed by atoms with Crippen LogP contribution in [0, 0.1) is 0 Å². The van der Waals surface area contributed by atoms with Crippen molar-refractivity contribution in [3.8, 4) is 5.75 Å². The van der Waals surface area contributed by atoms with Crippen molar-refractivity contribution in [3.63, 3.8) is 0 Å². The Morgan fingerprint density at radius 3 is 2.42 bits per heavy atom. The second-order valence-corrected chi connectivity index (χ2v) is 5.09. The topological polar surface area (TPSA) is 58.6 Å². The number of rotatable bonds is 6. The summed E-state index contributed by atoms with van der Waals surface area (Å²) >= 11 is 0. The first kappa shape index (κ1) is 20.1. The predicted octanol–water partition coefficient (Wildman–Crippen LogP) is 3.47. The minimum Gasteiger partial charge on any atom is -0.406 e. The van der Waals surface area contributed by atoms with Crippen LogP contribution in [0.25, 0.3) is 0 Å². The number of hydrogen-bond donors (Lipinski definition) is 2. The SMILES string of the molecule is C[C@H](NC(=O)CC(O)CC(F)(F)F)c1cccc(OC(F)(F)F)c1. The molecule has 2 atom stereocenters. The van der Waals surface area contributed by atoms with E-state index in [1.165, 1.54) is 19.1 Å². The smallest absolute Gasteiger partial charge is 0.406 e. The van der Waals surface area contributed by atoms with E-state index >= 15 is 0 Å². The van der Waals surface area contributed by atoms with E-state index < -0.39 is 49.2 Å². The molecule has 0 aromatic heterocycles. The Kier molecular flexibility index (Phi) is 6.47. The third-order valence-electron chi connectivity index (χ3n) is 2.86. The molecule has 0 heterocycles. The van der Waals surface area contributed by atoms with E-state index in [0.717, 1.165) is 12.1 Å². The van der Waals surface area contributed by atoms with Crippen LogP contribution in [0.4, 0.5) is 26.3 Å². The first-order valence-corrected chi connectivity index (χ1v) is 6.75. The van der Waals surface area contributed by atoms with Gasteiger partial charge in [0, 0.05) is 0 Å². The van der Waals surface area contributed by atoms with Crippen molar-refractivity contribution in [2.45, 2.75) is 44.4 Å². The Balaban J connectivity index is 2.63. The average Bonchev–Trinajstić information content (AvgIpc) is 2.33. The number of hydrogen-bond acceptors (Lipinski definition) is 3. The fraction of sp³-hybridized carbons (Fsp3) is 0.500. The van der Waals surface area contributed by atoms with Gasteiger partial charge in [0.25, 0.3) is 0 Å². The predicted molar refractivity (Wildman–Crippen MR) is 71.0 cm³/mol. The van der Waals surface area contributed by atoms with Crippen molar-refractivity contribution in [1.82, 2.24) is 5.32 Å². The molecule has 1 unspecified atom stereocenters. The molecule has 0 radical (unpaired) electrons. The molecule has 1 aromatic rings. The summed E-state index contributed by atoms with van der Waals surface area (Å²) in [6.45, 7) is 1.43. The summed E-state index contributed by atoms with van der Waals surface area (Å²) in [6, 6.07) is 4.02. The van der Waals surface area contributed by atoms with Crippen LogP contribution in [0.1, 0.15) is 31.4 Å². The van der Waals surface area contributed by atoms with Gasteiger partial charge < -0.3 is 15.2 Å². The van der Waals surface area contributed by atoms with Crippen LogP contribution < -0.4 is 10.1 Å². The minimum atomic E-state index is -4.87. The second-order valence-electron chi connectivity index (χ2n) is 5.09. The van der Waals surface area contributed by atoms with Crippen LogP contribution in [-0.2, 0) is 4.79 Å². The van der Waals surface area contributed by atoms with Crippen molar-refractivity contribution in [2.75, 3.05) is 0 Å². The van der Waals surface area contributed by atoms with Crippen molar-refractivity contribution >= 4 is 5.91 Å². The Bertz CT molecular complexity index is 558. The zero-order valence-electron chi connectivity index (χ0n) is 12.4. The quantitative estimate of drug-likeness (QED) is 0.765. The normalized spacial score (nSPS) is 14.8. The lowest BCUT2D eigenvalue weighted by Crippen LogP contribution is -2.31. The highest BCUT2D eigenvalue weighted by Gasteiger charge is 2.32. The molecule has 0 spiro atoms. The first-order chi connectivity index (χ1) is 10.9. The van der Waals surface area contributed by atoms with E-state index in [1.54, 1.807) is 0 Å². The molecule has 24 heavy (non-hydrogen) atoms. The first-order valence-electron chi connectivity index (χ1n) is 6.75. The van der Waals surface area contributed by atoms with Gasteiger partial charge in [-0.3, -0.25) is 4.79 Å². The van der Waals surface area contributed by atoms with E-state index in [9.17, 15) is 36.2 Å². The molecule has 0 aliphatic heterocycles. The Labute approximate surface area is 133 Å². The van der Waals surface area contributed by atoms with E-state index in [2.05, 4.69) is 10.1 Å². The molecule has 0 aliphatic rings. The number of carbonyl (C=O) groups is 1. The van der Waals surface area contributed by atoms with Gasteiger partial charge in [-0.2, -0.15) is 13.2 Å². The van der Waals surface area contributed by atoms with Crippen molar-refractivity contribution in [1.29, 1.82) is 0 Å². The highest BCUT2D eigenvalue weighted by Crippen LogP contribution is 2.26. The highest BCUT2D eigenvalue weighted by molar-refractivity contribution is 5.76. The number of halogens is 6. The molecule has 4 nitrogen and oxygen atoms in total. The largest absolute Gasteiger partial charge is 0.573 e. The van der Waals surface area contributed by atoms with Gasteiger partial charge in [-0.1, -0.05) is 12.1 Å². The summed E-state index contributed by atoms with van der Waals surface area (Å²) in [5, 5.41) is 11.5. The Morgan fingerprint density at radius 1 is 1.25 bits per heavy atom. The van der Waals surface area contributed by atoms with Crippen LogP contribution >= 0.6 is 0 Å². The van der Waals surface area contributed by atoms with E-state index in [0.29, 0.717) is 0 Å². The summed E-state index contributed by atoms with van der Waals surface area (Å²) in [6.07, 6.45) is -13.7. The van der Waals surface area contributed by atoms with E-state index in [4.69, 9.17) is 0 Å². The van der Waals surface area contributed by atoms with Gasteiger partial charge in [0.1, 0.15) is 5.75 Å². The summed E-state index contributed by atoms with van der Waals surface area (Å²) in [4.78, 5) is 11.6. The zero-order chi connectivity index (χ0) is 18.5. The molecule has 0 aliphatic carbocycles. The number of ether oxygens (including phenoxy) is 1. The highest BCUT2D eigenvalue weighted by atomic mass is 19.4. The molecule has 2 N–H and O–H groups in total. The van der Waals surface area contributed by atoms with Crippen LogP contribution in [0.15, 0.2) is 24.3 Å². The maximum absolute atomic E-state index is 12.2. The van der Waals surface area contributed by atoms with Gasteiger partial charge >= 0.3 is 12.5 Å². The molecule has 10 heteroatoms. The molecule has 0 saturated heterocycles. The lowest BCUT2D eigenvalue weighted by molar-refractivity contribution is -0.274. The number of amides is 1. The summed E-state index contributed by atoms with van der Waals surface area (Å²) in [5.74, 6) is -1.35. The molecular formula is C14H15F6NO3. The maximum Gasteiger partial charge on any atom is 0.573 e. The molecular weight excluding hydrogens is 344 g/mol. The number of alkyl halides is 6. The van der Waals surface area contributed by atoms with Gasteiger partial charge in [0.2, 0.25) is 5.91 Å². The zero-order valence-corrected chi connectivity index (χ0v) is 12.4. The van der Waals surface area contributed by atoms with Gasteiger partial charge in [0.15, 0.2) is 0 Å². The van der Waals surface area contributed by atoms with E-state index in [-0.39, 0.29) is 5.56 Å². The minimum absolute atomic E-state index is 0.260. The van der Waals surface area contributed by atoms with Crippen molar-refractivity contribution in [3.05, 3.63) is 29.8 Å². The van der Waals surface area contributed by atoms with Crippen molar-refractivity contribution in [2.24, 2.45) is 0 Å². The summed E-state index contributed by atoms with van der Waals surface area (Å²) in [5.41, 5.74) is 0.260. The number of aliphatic hydroxyl groups is 1. The van der Waals surface area contributed by atoms with Crippen LogP contribution in [0.2, 0.25) is 0 Å². The molecule has 1 aromatic carbocycles. The maximum atomic E-state index is 12.2. The van der Waals surface area contributed by atoms with Gasteiger partial charge in [-0.15, -0.1) is 13.2 Å². The fourth-order valence-electron chi connectivity index (χ4n) is 1.92. The standard InChI is InChI=1S/C14H15F6NO3/c1-8(21-12(23)6-10(22)7-13(15,16)17)9-3-2-4-11(5-9)24-14(18,19)20/h2-5,8,10,22H,6-7H2,1H3,(H,21,23)/t8-,10?/m0/s1. The van der Waals surface area contributed by atoms with Gasteiger partial charge in [-0.25, -0.2) is 0 Å². The third-order valence-corrected chi connectivity index (χ3v) is 2.86.